The van der Waals surface area contributed by atoms with E-state index in [4.69, 9.17) is 16.3 Å². The van der Waals surface area contributed by atoms with Crippen LogP contribution in [0.25, 0.3) is 0 Å². The van der Waals surface area contributed by atoms with Gasteiger partial charge in [-0.1, -0.05) is 35.9 Å². The van der Waals surface area contributed by atoms with Crippen molar-refractivity contribution in [2.75, 3.05) is 33.3 Å². The van der Waals surface area contributed by atoms with Crippen molar-refractivity contribution >= 4 is 29.0 Å². The summed E-state index contributed by atoms with van der Waals surface area (Å²) >= 11 is 7.61. The smallest absolute Gasteiger partial charge is 0.317 e. The fraction of sp³-hybridized carbons (Fsp3) is 0.421. The molecule has 2 aromatic rings. The van der Waals surface area contributed by atoms with Crippen LogP contribution >= 0.6 is 22.9 Å². The third-order valence-corrected chi connectivity index (χ3v) is 5.63. The van der Waals surface area contributed by atoms with Crippen LogP contribution in [0.2, 0.25) is 4.34 Å². The Balaban J connectivity index is 1.42. The normalized spacial score (nSPS) is 15.2. The van der Waals surface area contributed by atoms with Crippen molar-refractivity contribution in [2.24, 2.45) is 0 Å². The molecular weight excluding hydrogens is 370 g/mol. The van der Waals surface area contributed by atoms with Crippen LogP contribution < -0.4 is 5.32 Å². The maximum absolute atomic E-state index is 12.4. The van der Waals surface area contributed by atoms with Crippen LogP contribution in [-0.4, -0.2) is 49.1 Å². The number of nitrogens with one attached hydrogen (secondary N) is 1. The molecule has 2 heterocycles. The van der Waals surface area contributed by atoms with Gasteiger partial charge >= 0.3 is 6.03 Å². The van der Waals surface area contributed by atoms with E-state index >= 15 is 0 Å². The van der Waals surface area contributed by atoms with E-state index < -0.39 is 0 Å². The Morgan fingerprint density at radius 1 is 1.19 bits per heavy atom. The standard InChI is InChI=1S/C19H24ClN3O2S/c1-25-14-16-4-2-3-15(11-16)12-21-19(24)23-9-7-22(8-10-23)13-17-5-6-18(20)26-17/h2-6,11H,7-10,12-14H2,1H3,(H,21,24). The Bertz CT molecular complexity index is 729. The molecule has 1 N–H and O–H groups in total. The molecule has 140 valence electrons. The second kappa shape index (κ2) is 9.37. The number of hydrogen-bond donors (Lipinski definition) is 1. The number of benzene rings is 1. The van der Waals surface area contributed by atoms with Crippen LogP contribution in [0.5, 0.6) is 0 Å². The lowest BCUT2D eigenvalue weighted by Gasteiger charge is -2.34. The number of methoxy groups -OCH3 is 1. The zero-order valence-corrected chi connectivity index (χ0v) is 16.5. The Kier molecular flexibility index (Phi) is 6.91. The molecule has 0 spiro atoms. The third kappa shape index (κ3) is 5.45. The van der Waals surface area contributed by atoms with E-state index in [1.165, 1.54) is 4.88 Å². The molecule has 3 rings (SSSR count). The number of carbonyl (C=O) groups is 1. The van der Waals surface area contributed by atoms with Crippen molar-refractivity contribution in [1.29, 1.82) is 0 Å². The van der Waals surface area contributed by atoms with E-state index in [0.717, 1.165) is 48.2 Å². The van der Waals surface area contributed by atoms with Crippen LogP contribution in [0.15, 0.2) is 36.4 Å². The molecule has 1 saturated heterocycles. The zero-order chi connectivity index (χ0) is 18.4. The van der Waals surface area contributed by atoms with Gasteiger partial charge in [-0.3, -0.25) is 4.90 Å². The van der Waals surface area contributed by atoms with Crippen molar-refractivity contribution in [1.82, 2.24) is 15.1 Å². The van der Waals surface area contributed by atoms with Gasteiger partial charge in [0.2, 0.25) is 0 Å². The molecule has 1 aliphatic rings. The minimum absolute atomic E-state index is 0.000891. The first kappa shape index (κ1) is 19.2. The number of thiophene rings is 1. The highest BCUT2D eigenvalue weighted by atomic mass is 35.5. The minimum Gasteiger partial charge on any atom is -0.380 e. The molecule has 0 atom stereocenters. The van der Waals surface area contributed by atoms with Gasteiger partial charge in [0, 0.05) is 51.3 Å². The fourth-order valence-corrected chi connectivity index (χ4v) is 4.18. The van der Waals surface area contributed by atoms with E-state index in [1.54, 1.807) is 18.4 Å². The number of halogens is 1. The van der Waals surface area contributed by atoms with Gasteiger partial charge in [-0.15, -0.1) is 11.3 Å². The molecule has 0 unspecified atom stereocenters. The molecule has 0 aliphatic carbocycles. The minimum atomic E-state index is 0.000891. The van der Waals surface area contributed by atoms with Gasteiger partial charge in [-0.2, -0.15) is 0 Å². The van der Waals surface area contributed by atoms with Gasteiger partial charge in [-0.05, 0) is 23.3 Å². The van der Waals surface area contributed by atoms with Gasteiger partial charge in [0.05, 0.1) is 10.9 Å². The molecule has 5 nitrogen and oxygen atoms in total. The molecular formula is C19H24ClN3O2S. The Hall–Kier alpha value is -1.60. The molecule has 1 aliphatic heterocycles. The summed E-state index contributed by atoms with van der Waals surface area (Å²) in [5.41, 5.74) is 2.20. The highest BCUT2D eigenvalue weighted by molar-refractivity contribution is 7.16. The van der Waals surface area contributed by atoms with E-state index in [9.17, 15) is 4.79 Å². The largest absolute Gasteiger partial charge is 0.380 e. The quantitative estimate of drug-likeness (QED) is 0.815. The maximum Gasteiger partial charge on any atom is 0.317 e. The zero-order valence-electron chi connectivity index (χ0n) is 14.9. The van der Waals surface area contributed by atoms with Crippen molar-refractivity contribution in [3.05, 3.63) is 56.7 Å². The second-order valence-corrected chi connectivity index (χ2v) is 8.18. The summed E-state index contributed by atoms with van der Waals surface area (Å²) in [5, 5.41) is 3.02. The molecule has 1 aromatic carbocycles. The van der Waals surface area contributed by atoms with Crippen LogP contribution in [0.1, 0.15) is 16.0 Å². The number of amides is 2. The van der Waals surface area contributed by atoms with E-state index in [-0.39, 0.29) is 6.03 Å². The van der Waals surface area contributed by atoms with Crippen molar-refractivity contribution in [3.8, 4) is 0 Å². The lowest BCUT2D eigenvalue weighted by atomic mass is 10.1. The average molecular weight is 394 g/mol. The number of urea groups is 1. The van der Waals surface area contributed by atoms with Crippen LogP contribution in [-0.2, 0) is 24.4 Å². The number of ether oxygens (including phenoxy) is 1. The van der Waals surface area contributed by atoms with Crippen molar-refractivity contribution in [2.45, 2.75) is 19.7 Å². The molecule has 0 saturated carbocycles. The predicted octanol–water partition coefficient (Wildman–Crippen LogP) is 3.58. The molecule has 26 heavy (non-hydrogen) atoms. The first-order valence-corrected chi connectivity index (χ1v) is 9.89. The summed E-state index contributed by atoms with van der Waals surface area (Å²) in [6, 6.07) is 12.1. The van der Waals surface area contributed by atoms with Crippen LogP contribution in [0, 0.1) is 0 Å². The SMILES string of the molecule is COCc1cccc(CNC(=O)N2CCN(Cc3ccc(Cl)s3)CC2)c1. The van der Waals surface area contributed by atoms with Gasteiger partial charge in [-0.25, -0.2) is 4.79 Å². The predicted molar refractivity (Wildman–Crippen MR) is 106 cm³/mol. The molecule has 2 amide bonds. The fourth-order valence-electron chi connectivity index (χ4n) is 3.05. The van der Waals surface area contributed by atoms with Gasteiger partial charge in [0.25, 0.3) is 0 Å². The topological polar surface area (TPSA) is 44.8 Å². The van der Waals surface area contributed by atoms with Gasteiger partial charge in [0.1, 0.15) is 0 Å². The van der Waals surface area contributed by atoms with Crippen molar-refractivity contribution < 1.29 is 9.53 Å². The average Bonchev–Trinajstić information content (AvgIpc) is 3.06. The number of hydrogen-bond acceptors (Lipinski definition) is 4. The summed E-state index contributed by atoms with van der Waals surface area (Å²) in [5.74, 6) is 0. The summed E-state index contributed by atoms with van der Waals surface area (Å²) < 4.78 is 5.98. The lowest BCUT2D eigenvalue weighted by Crippen LogP contribution is -2.51. The van der Waals surface area contributed by atoms with E-state index in [0.29, 0.717) is 13.2 Å². The Morgan fingerprint density at radius 2 is 1.96 bits per heavy atom. The van der Waals surface area contributed by atoms with E-state index in [2.05, 4.69) is 22.3 Å². The Morgan fingerprint density at radius 3 is 2.65 bits per heavy atom. The van der Waals surface area contributed by atoms with Crippen LogP contribution in [0.3, 0.4) is 0 Å². The first-order chi connectivity index (χ1) is 12.6. The van der Waals surface area contributed by atoms with Crippen LogP contribution in [0.4, 0.5) is 4.79 Å². The molecule has 7 heteroatoms. The Labute approximate surface area is 163 Å². The molecule has 1 aromatic heterocycles. The second-order valence-electron chi connectivity index (χ2n) is 6.38. The summed E-state index contributed by atoms with van der Waals surface area (Å²) in [6.07, 6.45) is 0. The van der Waals surface area contributed by atoms with Gasteiger partial charge in [0.15, 0.2) is 0 Å². The summed E-state index contributed by atoms with van der Waals surface area (Å²) in [6.45, 7) is 5.27. The first-order valence-electron chi connectivity index (χ1n) is 8.70. The monoisotopic (exact) mass is 393 g/mol. The molecule has 0 bridgehead atoms. The highest BCUT2D eigenvalue weighted by Gasteiger charge is 2.21. The number of nitrogens with zero attached hydrogens (tertiary/aromatic N) is 2. The van der Waals surface area contributed by atoms with Gasteiger partial charge < -0.3 is 15.0 Å². The number of piperazine rings is 1. The maximum atomic E-state index is 12.4. The molecule has 1 fully saturated rings. The summed E-state index contributed by atoms with van der Waals surface area (Å²) in [7, 11) is 1.68. The van der Waals surface area contributed by atoms with Crippen molar-refractivity contribution in [3.63, 3.8) is 0 Å². The lowest BCUT2D eigenvalue weighted by molar-refractivity contribution is 0.135. The highest BCUT2D eigenvalue weighted by Crippen LogP contribution is 2.23. The van der Waals surface area contributed by atoms with E-state index in [1.807, 2.05) is 29.2 Å². The molecule has 0 radical (unpaired) electrons. The number of rotatable bonds is 6. The number of carbonyl (C=O) groups excluding carboxylic acids is 1. The summed E-state index contributed by atoms with van der Waals surface area (Å²) in [4.78, 5) is 17.9. The third-order valence-electron chi connectivity index (χ3n) is 4.41.